The van der Waals surface area contributed by atoms with Gasteiger partial charge < -0.3 is 10.4 Å². The lowest BCUT2D eigenvalue weighted by Gasteiger charge is -2.25. The Labute approximate surface area is 108 Å². The van der Waals surface area contributed by atoms with E-state index < -0.39 is 6.10 Å². The van der Waals surface area contributed by atoms with Gasteiger partial charge in [0.2, 0.25) is 0 Å². The van der Waals surface area contributed by atoms with Gasteiger partial charge in [-0.3, -0.25) is 4.79 Å². The van der Waals surface area contributed by atoms with Crippen LogP contribution >= 0.6 is 27.3 Å². The van der Waals surface area contributed by atoms with E-state index in [1.54, 1.807) is 0 Å². The van der Waals surface area contributed by atoms with Crippen molar-refractivity contribution in [1.82, 2.24) is 5.32 Å². The number of carbonyl (C=O) groups is 1. The lowest BCUT2D eigenvalue weighted by atomic mass is 9.89. The lowest BCUT2D eigenvalue weighted by Crippen LogP contribution is -2.39. The number of carbonyl (C=O) groups excluding carboxylic acids is 1. The zero-order valence-electron chi connectivity index (χ0n) is 9.58. The summed E-state index contributed by atoms with van der Waals surface area (Å²) >= 11 is 4.68. The third kappa shape index (κ3) is 3.57. The number of rotatable bonds is 3. The van der Waals surface area contributed by atoms with Gasteiger partial charge in [0, 0.05) is 11.0 Å². The van der Waals surface area contributed by atoms with Gasteiger partial charge in [-0.2, -0.15) is 0 Å². The molecule has 1 rings (SSSR count). The van der Waals surface area contributed by atoms with Crippen LogP contribution in [0, 0.1) is 5.41 Å². The molecule has 0 bridgehead atoms. The molecule has 2 N–H and O–H groups in total. The SMILES string of the molecule is CC(C)(C)C(O)CNC(=O)c1sccc1Br. The zero-order chi connectivity index (χ0) is 12.3. The molecular formula is C11H16BrNO2S. The van der Waals surface area contributed by atoms with Crippen LogP contribution in [0.1, 0.15) is 30.4 Å². The van der Waals surface area contributed by atoms with E-state index in [2.05, 4.69) is 21.2 Å². The summed E-state index contributed by atoms with van der Waals surface area (Å²) in [5, 5.41) is 14.3. The van der Waals surface area contributed by atoms with Crippen molar-refractivity contribution < 1.29 is 9.90 Å². The molecule has 0 aromatic carbocycles. The summed E-state index contributed by atoms with van der Waals surface area (Å²) in [4.78, 5) is 12.4. The molecule has 0 saturated heterocycles. The van der Waals surface area contributed by atoms with Crippen LogP contribution in [0.15, 0.2) is 15.9 Å². The molecule has 1 aromatic rings. The molecule has 90 valence electrons. The Kier molecular flexibility index (Phi) is 4.52. The zero-order valence-corrected chi connectivity index (χ0v) is 12.0. The van der Waals surface area contributed by atoms with Crippen LogP contribution in [0.4, 0.5) is 0 Å². The summed E-state index contributed by atoms with van der Waals surface area (Å²) in [6.07, 6.45) is -0.546. The molecule has 0 radical (unpaired) electrons. The summed E-state index contributed by atoms with van der Waals surface area (Å²) in [6, 6.07) is 1.83. The van der Waals surface area contributed by atoms with Gasteiger partial charge in [-0.15, -0.1) is 11.3 Å². The molecule has 0 aliphatic carbocycles. The monoisotopic (exact) mass is 305 g/mol. The van der Waals surface area contributed by atoms with Crippen LogP contribution in [0.5, 0.6) is 0 Å². The molecule has 0 fully saturated rings. The number of hydrogen-bond donors (Lipinski definition) is 2. The van der Waals surface area contributed by atoms with Crippen molar-refractivity contribution >= 4 is 33.2 Å². The van der Waals surface area contributed by atoms with Gasteiger partial charge in [0.25, 0.3) is 5.91 Å². The maximum Gasteiger partial charge on any atom is 0.262 e. The van der Waals surface area contributed by atoms with Crippen LogP contribution in [0.3, 0.4) is 0 Å². The molecule has 1 unspecified atom stereocenters. The molecule has 0 spiro atoms. The van der Waals surface area contributed by atoms with Crippen LogP contribution < -0.4 is 5.32 Å². The van der Waals surface area contributed by atoms with Crippen molar-refractivity contribution in [2.45, 2.75) is 26.9 Å². The van der Waals surface area contributed by atoms with E-state index >= 15 is 0 Å². The number of thiophene rings is 1. The van der Waals surface area contributed by atoms with Crippen molar-refractivity contribution in [3.8, 4) is 0 Å². The number of nitrogens with one attached hydrogen (secondary N) is 1. The van der Waals surface area contributed by atoms with Gasteiger partial charge in [0.05, 0.1) is 6.10 Å². The van der Waals surface area contributed by atoms with E-state index in [9.17, 15) is 9.90 Å². The highest BCUT2D eigenvalue weighted by molar-refractivity contribution is 9.10. The molecule has 0 saturated carbocycles. The molecule has 1 heterocycles. The van der Waals surface area contributed by atoms with E-state index in [0.29, 0.717) is 4.88 Å². The summed E-state index contributed by atoms with van der Waals surface area (Å²) in [5.41, 5.74) is -0.222. The molecule has 16 heavy (non-hydrogen) atoms. The Bertz CT molecular complexity index is 370. The smallest absolute Gasteiger partial charge is 0.262 e. The van der Waals surface area contributed by atoms with Gasteiger partial charge in [-0.1, -0.05) is 20.8 Å². The number of amides is 1. The molecule has 0 aliphatic rings. The second-order valence-corrected chi connectivity index (χ2v) is 6.46. The minimum Gasteiger partial charge on any atom is -0.391 e. The summed E-state index contributed by atoms with van der Waals surface area (Å²) in [6.45, 7) is 6.08. The first-order valence-electron chi connectivity index (χ1n) is 5.01. The van der Waals surface area contributed by atoms with E-state index in [0.717, 1.165) is 4.47 Å². The van der Waals surface area contributed by atoms with E-state index in [1.807, 2.05) is 32.2 Å². The number of hydrogen-bond acceptors (Lipinski definition) is 3. The summed E-state index contributed by atoms with van der Waals surface area (Å²) in [7, 11) is 0. The maximum atomic E-state index is 11.7. The lowest BCUT2D eigenvalue weighted by molar-refractivity contribution is 0.0588. The number of halogens is 1. The Morgan fingerprint density at radius 1 is 1.62 bits per heavy atom. The van der Waals surface area contributed by atoms with Crippen molar-refractivity contribution in [3.05, 3.63) is 20.8 Å². The van der Waals surface area contributed by atoms with Gasteiger partial charge in [0.15, 0.2) is 0 Å². The third-order valence-electron chi connectivity index (χ3n) is 2.28. The Balaban J connectivity index is 2.52. The molecule has 1 amide bonds. The number of aliphatic hydroxyl groups is 1. The predicted molar refractivity (Wildman–Crippen MR) is 69.8 cm³/mol. The van der Waals surface area contributed by atoms with Crippen molar-refractivity contribution in [1.29, 1.82) is 0 Å². The third-order valence-corrected chi connectivity index (χ3v) is 4.12. The first-order valence-corrected chi connectivity index (χ1v) is 6.69. The summed E-state index contributed by atoms with van der Waals surface area (Å²) in [5.74, 6) is -0.148. The second-order valence-electron chi connectivity index (χ2n) is 4.69. The first-order chi connectivity index (χ1) is 7.32. The first kappa shape index (κ1) is 13.7. The Morgan fingerprint density at radius 2 is 2.25 bits per heavy atom. The average Bonchev–Trinajstić information content (AvgIpc) is 2.58. The van der Waals surface area contributed by atoms with Gasteiger partial charge in [-0.05, 0) is 32.8 Å². The topological polar surface area (TPSA) is 49.3 Å². The van der Waals surface area contributed by atoms with Crippen molar-refractivity contribution in [2.75, 3.05) is 6.54 Å². The fraction of sp³-hybridized carbons (Fsp3) is 0.545. The largest absolute Gasteiger partial charge is 0.391 e. The molecule has 5 heteroatoms. The van der Waals surface area contributed by atoms with Crippen LogP contribution in [0.25, 0.3) is 0 Å². The minimum atomic E-state index is -0.546. The molecule has 0 aliphatic heterocycles. The minimum absolute atomic E-state index is 0.148. The van der Waals surface area contributed by atoms with E-state index in [-0.39, 0.29) is 17.9 Å². The molecular weight excluding hydrogens is 290 g/mol. The Morgan fingerprint density at radius 3 is 2.69 bits per heavy atom. The van der Waals surface area contributed by atoms with Crippen LogP contribution in [0.2, 0.25) is 0 Å². The average molecular weight is 306 g/mol. The highest BCUT2D eigenvalue weighted by atomic mass is 79.9. The van der Waals surface area contributed by atoms with Crippen molar-refractivity contribution in [2.24, 2.45) is 5.41 Å². The molecule has 1 aromatic heterocycles. The van der Waals surface area contributed by atoms with Gasteiger partial charge >= 0.3 is 0 Å². The van der Waals surface area contributed by atoms with Gasteiger partial charge in [0.1, 0.15) is 4.88 Å². The maximum absolute atomic E-state index is 11.7. The van der Waals surface area contributed by atoms with E-state index in [4.69, 9.17) is 0 Å². The fourth-order valence-corrected chi connectivity index (χ4v) is 2.50. The van der Waals surface area contributed by atoms with E-state index in [1.165, 1.54) is 11.3 Å². The fourth-order valence-electron chi connectivity index (χ4n) is 1.03. The molecule has 1 atom stereocenters. The van der Waals surface area contributed by atoms with Gasteiger partial charge in [-0.25, -0.2) is 0 Å². The Hall–Kier alpha value is -0.390. The highest BCUT2D eigenvalue weighted by Gasteiger charge is 2.23. The summed E-state index contributed by atoms with van der Waals surface area (Å²) < 4.78 is 0.792. The van der Waals surface area contributed by atoms with Crippen LogP contribution in [-0.2, 0) is 0 Å². The quantitative estimate of drug-likeness (QED) is 0.902. The standard InChI is InChI=1S/C11H16BrNO2S/c1-11(2,3)8(14)6-13-10(15)9-7(12)4-5-16-9/h4-5,8,14H,6H2,1-3H3,(H,13,15). The number of aliphatic hydroxyl groups excluding tert-OH is 1. The predicted octanol–water partition coefficient (Wildman–Crippen LogP) is 2.65. The normalized spacial score (nSPS) is 13.6. The molecule has 3 nitrogen and oxygen atoms in total. The van der Waals surface area contributed by atoms with Crippen molar-refractivity contribution in [3.63, 3.8) is 0 Å². The highest BCUT2D eigenvalue weighted by Crippen LogP contribution is 2.23. The second kappa shape index (κ2) is 5.29. The van der Waals surface area contributed by atoms with Crippen LogP contribution in [-0.4, -0.2) is 23.7 Å².